The Morgan fingerprint density at radius 3 is 2.69 bits per heavy atom. The zero-order valence-corrected chi connectivity index (χ0v) is 9.93. The highest BCUT2D eigenvalue weighted by atomic mass is 35.5. The first-order chi connectivity index (χ1) is 7.28. The van der Waals surface area contributed by atoms with Gasteiger partial charge in [0.25, 0.3) is 0 Å². The number of hydrogen-bond acceptors (Lipinski definition) is 3. The molecule has 1 heterocycles. The van der Waals surface area contributed by atoms with Crippen molar-refractivity contribution in [2.45, 2.75) is 26.3 Å². The van der Waals surface area contributed by atoms with Gasteiger partial charge >= 0.3 is 6.09 Å². The van der Waals surface area contributed by atoms with Crippen LogP contribution in [0.2, 0.25) is 5.15 Å². The third-order valence-corrected chi connectivity index (χ3v) is 1.74. The molecule has 0 unspecified atom stereocenters. The Bertz CT molecular complexity index is 404. The molecule has 0 saturated carbocycles. The SMILES string of the molecule is CC(C)(C)NC(=O)Oc1cnc(Cl)c(F)c1. The van der Waals surface area contributed by atoms with Gasteiger partial charge in [-0.05, 0) is 20.8 Å². The second-order valence-electron chi connectivity index (χ2n) is 4.21. The van der Waals surface area contributed by atoms with Crippen molar-refractivity contribution >= 4 is 17.7 Å². The molecule has 1 rings (SSSR count). The molecular weight excluding hydrogens is 235 g/mol. The van der Waals surface area contributed by atoms with E-state index in [0.29, 0.717) is 0 Å². The molecular formula is C10H12ClFN2O2. The Hall–Kier alpha value is -1.36. The van der Waals surface area contributed by atoms with Gasteiger partial charge in [-0.1, -0.05) is 11.6 Å². The predicted molar refractivity (Wildman–Crippen MR) is 58.1 cm³/mol. The van der Waals surface area contributed by atoms with Crippen LogP contribution in [-0.2, 0) is 0 Å². The molecule has 1 amide bonds. The van der Waals surface area contributed by atoms with Crippen molar-refractivity contribution in [3.05, 3.63) is 23.2 Å². The van der Waals surface area contributed by atoms with Gasteiger partial charge in [0.1, 0.15) is 0 Å². The fourth-order valence-electron chi connectivity index (χ4n) is 0.898. The number of aromatic nitrogens is 1. The van der Waals surface area contributed by atoms with Gasteiger partial charge in [-0.3, -0.25) is 0 Å². The molecule has 0 radical (unpaired) electrons. The minimum absolute atomic E-state index is 0.00338. The molecule has 0 aliphatic carbocycles. The molecule has 0 aromatic carbocycles. The van der Waals surface area contributed by atoms with E-state index in [9.17, 15) is 9.18 Å². The van der Waals surface area contributed by atoms with Crippen molar-refractivity contribution in [3.63, 3.8) is 0 Å². The van der Waals surface area contributed by atoms with Crippen LogP contribution in [0.1, 0.15) is 20.8 Å². The lowest BCUT2D eigenvalue weighted by atomic mass is 10.1. The molecule has 1 aromatic heterocycles. The number of carbonyl (C=O) groups is 1. The van der Waals surface area contributed by atoms with Crippen molar-refractivity contribution in [2.75, 3.05) is 0 Å². The highest BCUT2D eigenvalue weighted by molar-refractivity contribution is 6.29. The maximum atomic E-state index is 13.0. The molecule has 0 saturated heterocycles. The van der Waals surface area contributed by atoms with Gasteiger partial charge in [0.15, 0.2) is 16.7 Å². The van der Waals surface area contributed by atoms with Crippen LogP contribution in [0.5, 0.6) is 5.75 Å². The number of ether oxygens (including phenoxy) is 1. The Kier molecular flexibility index (Phi) is 3.70. The monoisotopic (exact) mass is 246 g/mol. The summed E-state index contributed by atoms with van der Waals surface area (Å²) < 4.78 is 17.8. The summed E-state index contributed by atoms with van der Waals surface area (Å²) in [4.78, 5) is 14.8. The summed E-state index contributed by atoms with van der Waals surface area (Å²) in [6.07, 6.45) is 0.504. The minimum Gasteiger partial charge on any atom is -0.409 e. The van der Waals surface area contributed by atoms with Gasteiger partial charge in [0.2, 0.25) is 0 Å². The Labute approximate surface area is 97.8 Å². The Balaban J connectivity index is 2.67. The summed E-state index contributed by atoms with van der Waals surface area (Å²) in [6, 6.07) is 0.998. The van der Waals surface area contributed by atoms with Crippen LogP contribution in [0.25, 0.3) is 0 Å². The van der Waals surface area contributed by atoms with Crippen LogP contribution in [0.4, 0.5) is 9.18 Å². The molecule has 0 bridgehead atoms. The van der Waals surface area contributed by atoms with E-state index in [1.165, 1.54) is 6.20 Å². The van der Waals surface area contributed by atoms with Crippen LogP contribution >= 0.6 is 11.6 Å². The molecule has 0 atom stereocenters. The van der Waals surface area contributed by atoms with Crippen LogP contribution in [0.15, 0.2) is 12.3 Å². The molecule has 1 aromatic rings. The van der Waals surface area contributed by atoms with E-state index >= 15 is 0 Å². The molecule has 4 nitrogen and oxygen atoms in total. The number of carbonyl (C=O) groups excluding carboxylic acids is 1. The van der Waals surface area contributed by atoms with Crippen molar-refractivity contribution in [1.29, 1.82) is 0 Å². The van der Waals surface area contributed by atoms with Crippen LogP contribution in [-0.4, -0.2) is 16.6 Å². The van der Waals surface area contributed by atoms with Crippen LogP contribution < -0.4 is 10.1 Å². The van der Waals surface area contributed by atoms with Gasteiger partial charge in [-0.2, -0.15) is 0 Å². The summed E-state index contributed by atoms with van der Waals surface area (Å²) in [5.74, 6) is -0.730. The average molecular weight is 247 g/mol. The Morgan fingerprint density at radius 2 is 2.19 bits per heavy atom. The van der Waals surface area contributed by atoms with Gasteiger partial charge in [-0.15, -0.1) is 0 Å². The normalized spacial score (nSPS) is 11.1. The van der Waals surface area contributed by atoms with Crippen LogP contribution in [0, 0.1) is 5.82 Å². The lowest BCUT2D eigenvalue weighted by Gasteiger charge is -2.19. The maximum absolute atomic E-state index is 13.0. The first-order valence-corrected chi connectivity index (χ1v) is 4.97. The smallest absolute Gasteiger partial charge is 0.409 e. The zero-order valence-electron chi connectivity index (χ0n) is 9.17. The average Bonchev–Trinajstić information content (AvgIpc) is 2.08. The van der Waals surface area contributed by atoms with E-state index in [1.807, 2.05) is 0 Å². The number of rotatable bonds is 1. The van der Waals surface area contributed by atoms with Gasteiger partial charge in [-0.25, -0.2) is 14.2 Å². The standard InChI is InChI=1S/C10H12ClFN2O2/c1-10(2,3)14-9(15)16-6-4-7(12)8(11)13-5-6/h4-5H,1-3H3,(H,14,15). The molecule has 1 N–H and O–H groups in total. The largest absolute Gasteiger partial charge is 0.413 e. The molecule has 0 aliphatic rings. The van der Waals surface area contributed by atoms with Crippen molar-refractivity contribution in [2.24, 2.45) is 0 Å². The van der Waals surface area contributed by atoms with Crippen molar-refractivity contribution in [3.8, 4) is 5.75 Å². The summed E-state index contributed by atoms with van der Waals surface area (Å²) >= 11 is 5.38. The number of halogens is 2. The lowest BCUT2D eigenvalue weighted by molar-refractivity contribution is 0.190. The number of nitrogens with one attached hydrogen (secondary N) is 1. The lowest BCUT2D eigenvalue weighted by Crippen LogP contribution is -2.42. The molecule has 0 spiro atoms. The van der Waals surface area contributed by atoms with Gasteiger partial charge < -0.3 is 10.1 Å². The highest BCUT2D eigenvalue weighted by Crippen LogP contribution is 2.17. The number of pyridine rings is 1. The van der Waals surface area contributed by atoms with E-state index in [2.05, 4.69) is 10.3 Å². The number of amides is 1. The second kappa shape index (κ2) is 4.65. The number of hydrogen-bond donors (Lipinski definition) is 1. The summed E-state index contributed by atoms with van der Waals surface area (Å²) in [5, 5.41) is 2.30. The first-order valence-electron chi connectivity index (χ1n) is 4.59. The highest BCUT2D eigenvalue weighted by Gasteiger charge is 2.15. The summed E-state index contributed by atoms with van der Waals surface area (Å²) in [7, 11) is 0. The molecule has 6 heteroatoms. The zero-order chi connectivity index (χ0) is 12.3. The number of nitrogens with zero attached hydrogens (tertiary/aromatic N) is 1. The second-order valence-corrected chi connectivity index (χ2v) is 4.57. The summed E-state index contributed by atoms with van der Waals surface area (Å²) in [5.41, 5.74) is -0.421. The van der Waals surface area contributed by atoms with Crippen molar-refractivity contribution < 1.29 is 13.9 Å². The third kappa shape index (κ3) is 4.02. The molecule has 88 valence electrons. The Morgan fingerprint density at radius 1 is 1.56 bits per heavy atom. The molecule has 0 fully saturated rings. The van der Waals surface area contributed by atoms with Crippen LogP contribution in [0.3, 0.4) is 0 Å². The molecule has 0 aliphatic heterocycles. The maximum Gasteiger partial charge on any atom is 0.413 e. The third-order valence-electron chi connectivity index (χ3n) is 1.46. The fourth-order valence-corrected chi connectivity index (χ4v) is 1.00. The minimum atomic E-state index is -0.734. The quantitative estimate of drug-likeness (QED) is 0.776. The van der Waals surface area contributed by atoms with E-state index in [4.69, 9.17) is 16.3 Å². The van der Waals surface area contributed by atoms with Crippen molar-refractivity contribution in [1.82, 2.24) is 10.3 Å². The summed E-state index contributed by atoms with van der Waals surface area (Å²) in [6.45, 7) is 5.40. The van der Waals surface area contributed by atoms with E-state index in [1.54, 1.807) is 20.8 Å². The molecule has 16 heavy (non-hydrogen) atoms. The van der Waals surface area contributed by atoms with E-state index in [-0.39, 0.29) is 10.9 Å². The topological polar surface area (TPSA) is 51.2 Å². The van der Waals surface area contributed by atoms with E-state index in [0.717, 1.165) is 6.07 Å². The fraction of sp³-hybridized carbons (Fsp3) is 0.400. The van der Waals surface area contributed by atoms with Gasteiger partial charge in [0.05, 0.1) is 6.20 Å². The first kappa shape index (κ1) is 12.7. The predicted octanol–water partition coefficient (Wildman–Crippen LogP) is 2.76. The van der Waals surface area contributed by atoms with E-state index < -0.39 is 17.4 Å². The van der Waals surface area contributed by atoms with Gasteiger partial charge in [0, 0.05) is 11.6 Å².